The molecule has 2 aromatic heterocycles. The van der Waals surface area contributed by atoms with Crippen LogP contribution in [0.2, 0.25) is 0 Å². The molecule has 5 rings (SSSR count). The first kappa shape index (κ1) is 19.0. The van der Waals surface area contributed by atoms with Gasteiger partial charge in [-0.25, -0.2) is 15.0 Å². The molecule has 0 N–H and O–H groups in total. The van der Waals surface area contributed by atoms with Gasteiger partial charge in [0.2, 0.25) is 0 Å². The Balaban J connectivity index is 1.29. The van der Waals surface area contributed by atoms with Crippen LogP contribution >= 0.6 is 0 Å². The van der Waals surface area contributed by atoms with Crippen molar-refractivity contribution in [1.29, 1.82) is 0 Å². The van der Waals surface area contributed by atoms with Gasteiger partial charge in [-0.1, -0.05) is 12.1 Å². The summed E-state index contributed by atoms with van der Waals surface area (Å²) >= 11 is 0. The maximum absolute atomic E-state index is 4.80. The van der Waals surface area contributed by atoms with Crippen LogP contribution in [-0.4, -0.2) is 84.2 Å². The molecule has 0 amide bonds. The molecule has 0 unspecified atom stereocenters. The molecule has 2 aliphatic rings. The number of nitrogens with zero attached hydrogens (tertiary/aromatic N) is 8. The highest BCUT2D eigenvalue weighted by molar-refractivity contribution is 5.75. The topological polar surface area (TPSA) is 64.5 Å². The average Bonchev–Trinajstić information content (AvgIpc) is 2.79. The number of benzene rings is 1. The number of para-hydroxylation sites is 2. The predicted octanol–water partition coefficient (Wildman–Crippen LogP) is 1.81. The van der Waals surface area contributed by atoms with E-state index in [-0.39, 0.29) is 0 Å². The number of aryl methyl sites for hydroxylation is 1. The average molecular weight is 405 g/mol. The van der Waals surface area contributed by atoms with Gasteiger partial charge >= 0.3 is 0 Å². The Labute approximate surface area is 177 Å². The summed E-state index contributed by atoms with van der Waals surface area (Å²) in [5.41, 5.74) is 1.88. The van der Waals surface area contributed by atoms with Crippen molar-refractivity contribution in [3.05, 3.63) is 42.4 Å². The summed E-state index contributed by atoms with van der Waals surface area (Å²) in [6.45, 7) is 9.79. The Morgan fingerprint density at radius 1 is 0.667 bits per heavy atom. The van der Waals surface area contributed by atoms with Crippen LogP contribution in [0.4, 0.5) is 17.5 Å². The minimum absolute atomic E-state index is 0.837. The highest BCUT2D eigenvalue weighted by atomic mass is 15.3. The van der Waals surface area contributed by atoms with Crippen molar-refractivity contribution in [2.24, 2.45) is 0 Å². The lowest BCUT2D eigenvalue weighted by Crippen LogP contribution is -2.47. The van der Waals surface area contributed by atoms with Gasteiger partial charge in [0.15, 0.2) is 0 Å². The van der Waals surface area contributed by atoms with Crippen LogP contribution < -0.4 is 14.7 Å². The quantitative estimate of drug-likeness (QED) is 0.655. The Bertz CT molecular complexity index is 1020. The summed E-state index contributed by atoms with van der Waals surface area (Å²) in [5, 5.41) is 0. The van der Waals surface area contributed by atoms with Gasteiger partial charge in [-0.15, -0.1) is 0 Å². The van der Waals surface area contributed by atoms with E-state index in [1.807, 2.05) is 37.4 Å². The number of rotatable bonds is 3. The third kappa shape index (κ3) is 3.87. The maximum atomic E-state index is 4.80. The number of hydrogen-bond donors (Lipinski definition) is 0. The van der Waals surface area contributed by atoms with E-state index >= 15 is 0 Å². The van der Waals surface area contributed by atoms with Crippen molar-refractivity contribution in [1.82, 2.24) is 24.8 Å². The fourth-order valence-corrected chi connectivity index (χ4v) is 4.16. The number of likely N-dealkylation sites (N-methyl/N-ethyl adjacent to an activating group) is 1. The molecule has 3 aromatic rings. The zero-order valence-corrected chi connectivity index (χ0v) is 17.7. The maximum Gasteiger partial charge on any atom is 0.147 e. The van der Waals surface area contributed by atoms with E-state index in [0.29, 0.717) is 0 Å². The second kappa shape index (κ2) is 8.02. The predicted molar refractivity (Wildman–Crippen MR) is 120 cm³/mol. The number of fused-ring (bicyclic) bond motifs is 1. The third-order valence-corrected chi connectivity index (χ3v) is 6.00. The molecule has 0 bridgehead atoms. The van der Waals surface area contributed by atoms with Crippen molar-refractivity contribution in [2.45, 2.75) is 6.92 Å². The molecule has 0 atom stereocenters. The Hall–Kier alpha value is -3.00. The van der Waals surface area contributed by atoms with E-state index in [1.54, 1.807) is 0 Å². The lowest BCUT2D eigenvalue weighted by Gasteiger charge is -2.37. The summed E-state index contributed by atoms with van der Waals surface area (Å²) in [6.07, 6.45) is 1.89. The normalized spacial score (nSPS) is 18.3. The van der Waals surface area contributed by atoms with Gasteiger partial charge in [0.1, 0.15) is 23.3 Å². The largest absolute Gasteiger partial charge is 0.354 e. The van der Waals surface area contributed by atoms with E-state index in [0.717, 1.165) is 86.7 Å². The summed E-state index contributed by atoms with van der Waals surface area (Å²) in [4.78, 5) is 28.2. The Morgan fingerprint density at radius 2 is 1.20 bits per heavy atom. The molecular weight excluding hydrogens is 376 g/mol. The van der Waals surface area contributed by atoms with Crippen LogP contribution in [0.15, 0.2) is 36.5 Å². The van der Waals surface area contributed by atoms with Gasteiger partial charge in [-0.3, -0.25) is 4.98 Å². The van der Waals surface area contributed by atoms with Crippen LogP contribution in [0, 0.1) is 6.92 Å². The molecule has 0 aliphatic carbocycles. The van der Waals surface area contributed by atoms with E-state index in [2.05, 4.69) is 37.7 Å². The molecular formula is C22H28N8. The second-order valence-electron chi connectivity index (χ2n) is 8.11. The molecule has 1 aromatic carbocycles. The molecule has 0 radical (unpaired) electrons. The highest BCUT2D eigenvalue weighted by Gasteiger charge is 2.22. The van der Waals surface area contributed by atoms with Gasteiger partial charge in [-0.05, 0) is 26.1 Å². The fourth-order valence-electron chi connectivity index (χ4n) is 4.16. The van der Waals surface area contributed by atoms with Crippen molar-refractivity contribution >= 4 is 28.5 Å². The van der Waals surface area contributed by atoms with E-state index < -0.39 is 0 Å². The minimum Gasteiger partial charge on any atom is -0.354 e. The fraction of sp³-hybridized carbons (Fsp3) is 0.455. The van der Waals surface area contributed by atoms with Crippen molar-refractivity contribution in [3.8, 4) is 0 Å². The van der Waals surface area contributed by atoms with Gasteiger partial charge in [0, 0.05) is 58.4 Å². The number of aromatic nitrogens is 4. The molecule has 0 saturated carbocycles. The molecule has 8 nitrogen and oxygen atoms in total. The lowest BCUT2D eigenvalue weighted by molar-refractivity contribution is 0.312. The highest BCUT2D eigenvalue weighted by Crippen LogP contribution is 2.23. The molecule has 30 heavy (non-hydrogen) atoms. The van der Waals surface area contributed by atoms with Gasteiger partial charge in [-0.2, -0.15) is 0 Å². The van der Waals surface area contributed by atoms with Crippen molar-refractivity contribution < 1.29 is 0 Å². The summed E-state index contributed by atoms with van der Waals surface area (Å²) < 4.78 is 0. The summed E-state index contributed by atoms with van der Waals surface area (Å²) in [7, 11) is 2.17. The Kier molecular flexibility index (Phi) is 5.08. The molecule has 2 aliphatic heterocycles. The number of hydrogen-bond acceptors (Lipinski definition) is 8. The Morgan fingerprint density at radius 3 is 1.83 bits per heavy atom. The lowest BCUT2D eigenvalue weighted by atomic mass is 10.2. The summed E-state index contributed by atoms with van der Waals surface area (Å²) in [5.74, 6) is 3.86. The molecule has 0 spiro atoms. The molecule has 8 heteroatoms. The van der Waals surface area contributed by atoms with E-state index in [9.17, 15) is 0 Å². The SMILES string of the molecule is Cc1nc(N2CCN(C)CC2)cc(N2CCN(c3cnc4ccccc4n3)CC2)n1. The molecule has 2 fully saturated rings. The van der Waals surface area contributed by atoms with Crippen molar-refractivity contribution in [3.63, 3.8) is 0 Å². The first-order chi connectivity index (χ1) is 14.7. The van der Waals surface area contributed by atoms with E-state index in [4.69, 9.17) is 15.0 Å². The number of piperazine rings is 2. The van der Waals surface area contributed by atoms with Crippen LogP contribution in [0.1, 0.15) is 5.82 Å². The first-order valence-corrected chi connectivity index (χ1v) is 10.7. The third-order valence-electron chi connectivity index (χ3n) is 6.00. The van der Waals surface area contributed by atoms with Crippen LogP contribution in [0.25, 0.3) is 11.0 Å². The monoisotopic (exact) mass is 404 g/mol. The first-order valence-electron chi connectivity index (χ1n) is 10.7. The van der Waals surface area contributed by atoms with Crippen molar-refractivity contribution in [2.75, 3.05) is 74.1 Å². The summed E-state index contributed by atoms with van der Waals surface area (Å²) in [6, 6.07) is 10.2. The number of anilines is 3. The van der Waals surface area contributed by atoms with Gasteiger partial charge < -0.3 is 19.6 Å². The zero-order chi connectivity index (χ0) is 20.5. The molecule has 156 valence electrons. The van der Waals surface area contributed by atoms with E-state index in [1.165, 1.54) is 0 Å². The molecule has 4 heterocycles. The standard InChI is InChI=1S/C22H28N8/c1-17-24-20(28-9-7-27(2)8-10-28)15-21(25-17)29-11-13-30(14-12-29)22-16-23-18-5-3-4-6-19(18)26-22/h3-6,15-16H,7-14H2,1-2H3. The smallest absolute Gasteiger partial charge is 0.147 e. The minimum atomic E-state index is 0.837. The van der Waals surface area contributed by atoms with Crippen LogP contribution in [0.3, 0.4) is 0 Å². The second-order valence-corrected chi connectivity index (χ2v) is 8.11. The van der Waals surface area contributed by atoms with Gasteiger partial charge in [0.25, 0.3) is 0 Å². The van der Waals surface area contributed by atoms with Crippen LogP contribution in [-0.2, 0) is 0 Å². The zero-order valence-electron chi connectivity index (χ0n) is 17.7. The molecule has 2 saturated heterocycles. The van der Waals surface area contributed by atoms with Crippen LogP contribution in [0.5, 0.6) is 0 Å². The van der Waals surface area contributed by atoms with Gasteiger partial charge in [0.05, 0.1) is 17.2 Å².